The third kappa shape index (κ3) is 3.68. The summed E-state index contributed by atoms with van der Waals surface area (Å²) in [4.78, 5) is 12.9. The summed E-state index contributed by atoms with van der Waals surface area (Å²) in [6, 6.07) is 20.4. The highest BCUT2D eigenvalue weighted by Crippen LogP contribution is 2.27. The molecule has 0 radical (unpaired) electrons. The Morgan fingerprint density at radius 1 is 1.00 bits per heavy atom. The lowest BCUT2D eigenvalue weighted by Gasteiger charge is -2.28. The molecule has 0 spiro atoms. The molecule has 0 fully saturated rings. The van der Waals surface area contributed by atoms with Crippen LogP contribution in [0.25, 0.3) is 0 Å². The van der Waals surface area contributed by atoms with Gasteiger partial charge in [-0.15, -0.1) is 0 Å². The second kappa shape index (κ2) is 6.87. The Kier molecular flexibility index (Phi) is 4.91. The Hall–Kier alpha value is -2.13. The maximum atomic E-state index is 10.8. The van der Waals surface area contributed by atoms with E-state index >= 15 is 0 Å². The van der Waals surface area contributed by atoms with Crippen molar-refractivity contribution < 1.29 is 9.90 Å². The smallest absolute Gasteiger partial charge is 0.304 e. The van der Waals surface area contributed by atoms with E-state index in [0.29, 0.717) is 6.54 Å². The summed E-state index contributed by atoms with van der Waals surface area (Å²) < 4.78 is 0. The Bertz CT molecular complexity index is 500. The number of hydrogen-bond acceptors (Lipinski definition) is 2. The Balaban J connectivity index is 2.27. The van der Waals surface area contributed by atoms with Crippen molar-refractivity contribution in [2.75, 3.05) is 13.6 Å². The summed E-state index contributed by atoms with van der Waals surface area (Å²) in [5.41, 5.74) is 2.35. The third-order valence-electron chi connectivity index (χ3n) is 3.35. The fourth-order valence-corrected chi connectivity index (χ4v) is 2.37. The minimum atomic E-state index is -0.767. The Morgan fingerprint density at radius 3 is 1.85 bits per heavy atom. The zero-order valence-corrected chi connectivity index (χ0v) is 11.6. The molecule has 0 unspecified atom stereocenters. The van der Waals surface area contributed by atoms with Gasteiger partial charge in [-0.1, -0.05) is 60.7 Å². The fourth-order valence-electron chi connectivity index (χ4n) is 2.37. The van der Waals surface area contributed by atoms with Gasteiger partial charge < -0.3 is 5.11 Å². The van der Waals surface area contributed by atoms with Gasteiger partial charge in [0.1, 0.15) is 0 Å². The van der Waals surface area contributed by atoms with Gasteiger partial charge in [-0.2, -0.15) is 0 Å². The summed E-state index contributed by atoms with van der Waals surface area (Å²) in [7, 11) is 1.97. The van der Waals surface area contributed by atoms with Gasteiger partial charge in [-0.25, -0.2) is 0 Å². The highest BCUT2D eigenvalue weighted by molar-refractivity contribution is 5.66. The van der Waals surface area contributed by atoms with Crippen molar-refractivity contribution in [2.45, 2.75) is 12.5 Å². The van der Waals surface area contributed by atoms with Crippen molar-refractivity contribution in [1.82, 2.24) is 4.90 Å². The quantitative estimate of drug-likeness (QED) is 0.875. The molecular formula is C17H19NO2. The van der Waals surface area contributed by atoms with Crippen LogP contribution in [0.5, 0.6) is 0 Å². The maximum absolute atomic E-state index is 10.8. The molecule has 104 valence electrons. The van der Waals surface area contributed by atoms with Crippen molar-refractivity contribution in [3.05, 3.63) is 71.8 Å². The van der Waals surface area contributed by atoms with E-state index in [1.54, 1.807) is 0 Å². The molecule has 0 aliphatic heterocycles. The number of carboxylic acid groups (broad SMARTS) is 1. The maximum Gasteiger partial charge on any atom is 0.304 e. The number of carbonyl (C=O) groups is 1. The average Bonchev–Trinajstić information content (AvgIpc) is 2.48. The lowest BCUT2D eigenvalue weighted by Crippen LogP contribution is -2.28. The molecule has 0 amide bonds. The first kappa shape index (κ1) is 14.3. The van der Waals surface area contributed by atoms with Crippen molar-refractivity contribution in [1.29, 1.82) is 0 Å². The predicted octanol–water partition coefficient (Wildman–Crippen LogP) is 3.18. The van der Waals surface area contributed by atoms with Gasteiger partial charge in [-0.3, -0.25) is 9.69 Å². The molecule has 20 heavy (non-hydrogen) atoms. The SMILES string of the molecule is CN(CCC(=O)O)C(c1ccccc1)c1ccccc1. The topological polar surface area (TPSA) is 40.5 Å². The van der Waals surface area contributed by atoms with Crippen molar-refractivity contribution >= 4 is 5.97 Å². The van der Waals surface area contributed by atoms with Crippen LogP contribution < -0.4 is 0 Å². The zero-order valence-electron chi connectivity index (χ0n) is 11.6. The minimum absolute atomic E-state index is 0.0803. The first-order chi connectivity index (χ1) is 9.68. The van der Waals surface area contributed by atoms with Gasteiger partial charge in [0.15, 0.2) is 0 Å². The summed E-state index contributed by atoms with van der Waals surface area (Å²) in [5, 5.41) is 8.86. The van der Waals surface area contributed by atoms with Crippen LogP contribution in [0.15, 0.2) is 60.7 Å². The first-order valence-corrected chi connectivity index (χ1v) is 6.70. The van der Waals surface area contributed by atoms with Crippen LogP contribution in [0.4, 0.5) is 0 Å². The van der Waals surface area contributed by atoms with Gasteiger partial charge in [0.05, 0.1) is 12.5 Å². The van der Waals surface area contributed by atoms with Gasteiger partial charge >= 0.3 is 5.97 Å². The predicted molar refractivity (Wildman–Crippen MR) is 79.6 cm³/mol. The van der Waals surface area contributed by atoms with Gasteiger partial charge in [-0.05, 0) is 18.2 Å². The molecule has 0 saturated carbocycles. The van der Waals surface area contributed by atoms with E-state index in [9.17, 15) is 4.79 Å². The summed E-state index contributed by atoms with van der Waals surface area (Å²) in [6.07, 6.45) is 0.146. The lowest BCUT2D eigenvalue weighted by atomic mass is 9.97. The molecule has 2 rings (SSSR count). The molecule has 0 heterocycles. The van der Waals surface area contributed by atoms with Crippen LogP contribution in [-0.2, 0) is 4.79 Å². The van der Waals surface area contributed by atoms with Crippen LogP contribution in [0, 0.1) is 0 Å². The molecule has 0 aromatic heterocycles. The average molecular weight is 269 g/mol. The molecule has 3 nitrogen and oxygen atoms in total. The summed E-state index contributed by atoms with van der Waals surface area (Å²) >= 11 is 0. The Labute approximate surface area is 119 Å². The number of aliphatic carboxylic acids is 1. The number of carboxylic acids is 1. The molecule has 1 N–H and O–H groups in total. The van der Waals surface area contributed by atoms with E-state index in [-0.39, 0.29) is 12.5 Å². The van der Waals surface area contributed by atoms with Crippen molar-refractivity contribution in [3.8, 4) is 0 Å². The number of hydrogen-bond donors (Lipinski definition) is 1. The van der Waals surface area contributed by atoms with Crippen molar-refractivity contribution in [3.63, 3.8) is 0 Å². The summed E-state index contributed by atoms with van der Waals surface area (Å²) in [6.45, 7) is 0.518. The van der Waals surface area contributed by atoms with Crippen LogP contribution in [0.3, 0.4) is 0 Å². The van der Waals surface area contributed by atoms with E-state index in [2.05, 4.69) is 29.2 Å². The minimum Gasteiger partial charge on any atom is -0.481 e. The van der Waals surface area contributed by atoms with Crippen LogP contribution in [-0.4, -0.2) is 29.6 Å². The summed E-state index contributed by atoms with van der Waals surface area (Å²) in [5.74, 6) is -0.767. The van der Waals surface area contributed by atoms with Crippen LogP contribution in [0.1, 0.15) is 23.6 Å². The van der Waals surface area contributed by atoms with Crippen LogP contribution >= 0.6 is 0 Å². The zero-order chi connectivity index (χ0) is 14.4. The molecule has 0 bridgehead atoms. The standard InChI is InChI=1S/C17H19NO2/c1-18(13-12-16(19)20)17(14-8-4-2-5-9-14)15-10-6-3-7-11-15/h2-11,17H,12-13H2,1H3,(H,19,20). The number of rotatable bonds is 6. The molecule has 0 saturated heterocycles. The molecular weight excluding hydrogens is 250 g/mol. The van der Waals surface area contributed by atoms with Crippen molar-refractivity contribution in [2.24, 2.45) is 0 Å². The van der Waals surface area contributed by atoms with Crippen LogP contribution in [0.2, 0.25) is 0 Å². The fraction of sp³-hybridized carbons (Fsp3) is 0.235. The monoisotopic (exact) mass is 269 g/mol. The highest BCUT2D eigenvalue weighted by atomic mass is 16.4. The molecule has 0 aliphatic carbocycles. The second-order valence-electron chi connectivity index (χ2n) is 4.85. The first-order valence-electron chi connectivity index (χ1n) is 6.70. The normalized spacial score (nSPS) is 10.9. The van der Waals surface area contributed by atoms with Gasteiger partial charge in [0.25, 0.3) is 0 Å². The number of benzene rings is 2. The molecule has 3 heteroatoms. The highest BCUT2D eigenvalue weighted by Gasteiger charge is 2.19. The third-order valence-corrected chi connectivity index (χ3v) is 3.35. The second-order valence-corrected chi connectivity index (χ2v) is 4.85. The molecule has 2 aromatic rings. The largest absolute Gasteiger partial charge is 0.481 e. The van der Waals surface area contributed by atoms with E-state index in [1.165, 1.54) is 11.1 Å². The van der Waals surface area contributed by atoms with E-state index in [4.69, 9.17) is 5.11 Å². The van der Waals surface area contributed by atoms with E-state index in [1.807, 2.05) is 43.4 Å². The number of nitrogens with zero attached hydrogens (tertiary/aromatic N) is 1. The molecule has 2 aromatic carbocycles. The van der Waals surface area contributed by atoms with E-state index in [0.717, 1.165) is 0 Å². The van der Waals surface area contributed by atoms with Gasteiger partial charge in [0.2, 0.25) is 0 Å². The van der Waals surface area contributed by atoms with E-state index < -0.39 is 5.97 Å². The molecule has 0 atom stereocenters. The Morgan fingerprint density at radius 2 is 1.45 bits per heavy atom. The van der Waals surface area contributed by atoms with Gasteiger partial charge in [0, 0.05) is 6.54 Å². The lowest BCUT2D eigenvalue weighted by molar-refractivity contribution is -0.137. The molecule has 0 aliphatic rings.